The molecule has 1 rings (SSSR count). The van der Waals surface area contributed by atoms with E-state index in [1.54, 1.807) is 0 Å². The van der Waals surface area contributed by atoms with Crippen LogP contribution < -0.4 is 5.32 Å². The standard InChI is InChI=1S/C9H8N2O4S/c1-5(12)6-4-16-9(10-6)11-7(13)2-3-8(14)15/h2-4H,1H3,(H,14,15)(H,10,11,13). The number of nitrogens with zero attached hydrogens (tertiary/aromatic N) is 1. The number of rotatable bonds is 4. The summed E-state index contributed by atoms with van der Waals surface area (Å²) in [5, 5.41) is 12.4. The van der Waals surface area contributed by atoms with Crippen LogP contribution in [0.1, 0.15) is 17.4 Å². The van der Waals surface area contributed by atoms with E-state index < -0.39 is 11.9 Å². The van der Waals surface area contributed by atoms with E-state index >= 15 is 0 Å². The Morgan fingerprint density at radius 2 is 2.12 bits per heavy atom. The molecular weight excluding hydrogens is 232 g/mol. The Kier molecular flexibility index (Phi) is 3.90. The molecule has 0 atom stereocenters. The van der Waals surface area contributed by atoms with Crippen LogP contribution in [-0.2, 0) is 9.59 Å². The molecule has 1 aromatic heterocycles. The van der Waals surface area contributed by atoms with Gasteiger partial charge in [0.25, 0.3) is 0 Å². The third-order valence-corrected chi connectivity index (χ3v) is 2.23. The molecule has 6 nitrogen and oxygen atoms in total. The first-order valence-corrected chi connectivity index (χ1v) is 5.05. The number of nitrogens with one attached hydrogen (secondary N) is 1. The summed E-state index contributed by atoms with van der Waals surface area (Å²) in [5.74, 6) is -2.01. The number of Topliss-reactive ketones (excluding diaryl/α,β-unsaturated/α-hetero) is 1. The van der Waals surface area contributed by atoms with Gasteiger partial charge in [-0.2, -0.15) is 0 Å². The van der Waals surface area contributed by atoms with E-state index in [9.17, 15) is 14.4 Å². The Morgan fingerprint density at radius 3 is 2.62 bits per heavy atom. The fraction of sp³-hybridized carbons (Fsp3) is 0.111. The summed E-state index contributed by atoms with van der Waals surface area (Å²) < 4.78 is 0. The average Bonchev–Trinajstić information content (AvgIpc) is 2.63. The summed E-state index contributed by atoms with van der Waals surface area (Å²) in [7, 11) is 0. The molecule has 0 aliphatic rings. The molecule has 84 valence electrons. The normalized spacial score (nSPS) is 10.3. The number of carbonyl (C=O) groups is 3. The molecule has 16 heavy (non-hydrogen) atoms. The molecule has 1 heterocycles. The number of anilines is 1. The zero-order valence-corrected chi connectivity index (χ0v) is 9.08. The molecule has 0 unspecified atom stereocenters. The van der Waals surface area contributed by atoms with Crippen molar-refractivity contribution >= 4 is 34.1 Å². The summed E-state index contributed by atoms with van der Waals surface area (Å²) in [6.45, 7) is 1.37. The van der Waals surface area contributed by atoms with Gasteiger partial charge in [0.15, 0.2) is 10.9 Å². The number of aliphatic carboxylic acids is 1. The molecule has 0 aromatic carbocycles. The van der Waals surface area contributed by atoms with Crippen LogP contribution in [0.2, 0.25) is 0 Å². The number of amides is 1. The van der Waals surface area contributed by atoms with Crippen molar-refractivity contribution < 1.29 is 19.5 Å². The van der Waals surface area contributed by atoms with Crippen molar-refractivity contribution in [3.63, 3.8) is 0 Å². The lowest BCUT2D eigenvalue weighted by Gasteiger charge is -1.94. The number of hydrogen-bond donors (Lipinski definition) is 2. The Hall–Kier alpha value is -2.02. The Bertz CT molecular complexity index is 464. The van der Waals surface area contributed by atoms with Gasteiger partial charge in [-0.25, -0.2) is 9.78 Å². The summed E-state index contributed by atoms with van der Waals surface area (Å²) in [4.78, 5) is 36.0. The van der Waals surface area contributed by atoms with E-state index in [0.717, 1.165) is 23.5 Å². The molecule has 0 fully saturated rings. The molecule has 0 aliphatic carbocycles. The molecule has 0 aliphatic heterocycles. The van der Waals surface area contributed by atoms with Gasteiger partial charge < -0.3 is 5.11 Å². The van der Waals surface area contributed by atoms with Crippen molar-refractivity contribution in [2.75, 3.05) is 5.32 Å². The largest absolute Gasteiger partial charge is 0.478 e. The number of carboxylic acids is 1. The van der Waals surface area contributed by atoms with Gasteiger partial charge in [0.05, 0.1) is 0 Å². The topological polar surface area (TPSA) is 96.4 Å². The SMILES string of the molecule is CC(=O)c1csc(NC(=O)C=CC(=O)O)n1. The molecule has 2 N–H and O–H groups in total. The average molecular weight is 240 g/mol. The van der Waals surface area contributed by atoms with Crippen LogP contribution in [-0.4, -0.2) is 27.8 Å². The van der Waals surface area contributed by atoms with Crippen molar-refractivity contribution in [1.29, 1.82) is 0 Å². The highest BCUT2D eigenvalue weighted by molar-refractivity contribution is 7.14. The van der Waals surface area contributed by atoms with E-state index in [0.29, 0.717) is 0 Å². The maximum absolute atomic E-state index is 11.1. The zero-order valence-electron chi connectivity index (χ0n) is 8.26. The quantitative estimate of drug-likeness (QED) is 0.602. The highest BCUT2D eigenvalue weighted by Crippen LogP contribution is 2.15. The van der Waals surface area contributed by atoms with Gasteiger partial charge in [0.1, 0.15) is 5.69 Å². The minimum atomic E-state index is -1.21. The van der Waals surface area contributed by atoms with Gasteiger partial charge >= 0.3 is 5.97 Å². The van der Waals surface area contributed by atoms with Gasteiger partial charge in [-0.1, -0.05) is 0 Å². The fourth-order valence-corrected chi connectivity index (χ4v) is 1.54. The second-order valence-electron chi connectivity index (χ2n) is 2.75. The van der Waals surface area contributed by atoms with Crippen LogP contribution in [0.4, 0.5) is 5.13 Å². The molecule has 0 saturated heterocycles. The lowest BCUT2D eigenvalue weighted by Crippen LogP contribution is -2.08. The van der Waals surface area contributed by atoms with E-state index in [-0.39, 0.29) is 16.6 Å². The molecule has 0 radical (unpaired) electrons. The van der Waals surface area contributed by atoms with E-state index in [2.05, 4.69) is 10.3 Å². The zero-order chi connectivity index (χ0) is 12.1. The Balaban J connectivity index is 2.63. The molecular formula is C9H8N2O4S. The fourth-order valence-electron chi connectivity index (χ4n) is 0.787. The summed E-state index contributed by atoms with van der Waals surface area (Å²) in [6.07, 6.45) is 1.59. The highest BCUT2D eigenvalue weighted by atomic mass is 32.1. The molecule has 1 aromatic rings. The van der Waals surface area contributed by atoms with Crippen LogP contribution >= 0.6 is 11.3 Å². The third kappa shape index (κ3) is 3.62. The molecule has 7 heteroatoms. The van der Waals surface area contributed by atoms with E-state index in [4.69, 9.17) is 5.11 Å². The monoisotopic (exact) mass is 240 g/mol. The number of carbonyl (C=O) groups excluding carboxylic acids is 2. The van der Waals surface area contributed by atoms with E-state index in [1.807, 2.05) is 0 Å². The van der Waals surface area contributed by atoms with E-state index in [1.165, 1.54) is 12.3 Å². The van der Waals surface area contributed by atoms with Gasteiger partial charge in [-0.15, -0.1) is 11.3 Å². The Labute approximate surface area is 94.6 Å². The van der Waals surface area contributed by atoms with Crippen molar-refractivity contribution in [1.82, 2.24) is 4.98 Å². The summed E-state index contributed by atoms with van der Waals surface area (Å²) in [6, 6.07) is 0. The first kappa shape index (κ1) is 12.1. The smallest absolute Gasteiger partial charge is 0.328 e. The maximum atomic E-state index is 11.1. The predicted molar refractivity (Wildman–Crippen MR) is 57.5 cm³/mol. The molecule has 0 saturated carbocycles. The molecule has 1 amide bonds. The lowest BCUT2D eigenvalue weighted by atomic mass is 10.4. The number of thiazole rings is 1. The van der Waals surface area contributed by atoms with Crippen LogP contribution in [0, 0.1) is 0 Å². The lowest BCUT2D eigenvalue weighted by molar-refractivity contribution is -0.131. The Morgan fingerprint density at radius 1 is 1.44 bits per heavy atom. The first-order chi connectivity index (χ1) is 7.49. The van der Waals surface area contributed by atoms with Crippen LogP contribution in [0.3, 0.4) is 0 Å². The number of aromatic nitrogens is 1. The van der Waals surface area contributed by atoms with Crippen molar-refractivity contribution in [3.8, 4) is 0 Å². The predicted octanol–water partition coefficient (Wildman–Crippen LogP) is 0.925. The van der Waals surface area contributed by atoms with Crippen molar-refractivity contribution in [2.45, 2.75) is 6.92 Å². The summed E-state index contributed by atoms with van der Waals surface area (Å²) >= 11 is 1.10. The van der Waals surface area contributed by atoms with Crippen molar-refractivity contribution in [3.05, 3.63) is 23.2 Å². The highest BCUT2D eigenvalue weighted by Gasteiger charge is 2.07. The van der Waals surface area contributed by atoms with Gasteiger partial charge in [-0.05, 0) is 0 Å². The van der Waals surface area contributed by atoms with Crippen LogP contribution in [0.25, 0.3) is 0 Å². The maximum Gasteiger partial charge on any atom is 0.328 e. The second kappa shape index (κ2) is 5.17. The van der Waals surface area contributed by atoms with Gasteiger partial charge in [0, 0.05) is 24.5 Å². The minimum absolute atomic E-state index is 0.196. The van der Waals surface area contributed by atoms with Gasteiger partial charge in [0.2, 0.25) is 5.91 Å². The minimum Gasteiger partial charge on any atom is -0.478 e. The third-order valence-electron chi connectivity index (χ3n) is 1.47. The summed E-state index contributed by atoms with van der Waals surface area (Å²) in [5.41, 5.74) is 0.266. The number of hydrogen-bond acceptors (Lipinski definition) is 5. The van der Waals surface area contributed by atoms with Crippen LogP contribution in [0.5, 0.6) is 0 Å². The number of carboxylic acid groups (broad SMARTS) is 1. The van der Waals surface area contributed by atoms with Crippen LogP contribution in [0.15, 0.2) is 17.5 Å². The first-order valence-electron chi connectivity index (χ1n) is 4.17. The van der Waals surface area contributed by atoms with Crippen molar-refractivity contribution in [2.24, 2.45) is 0 Å². The number of ketones is 1. The molecule has 0 spiro atoms. The second-order valence-corrected chi connectivity index (χ2v) is 3.61. The van der Waals surface area contributed by atoms with Gasteiger partial charge in [-0.3, -0.25) is 14.9 Å². The molecule has 0 bridgehead atoms.